The van der Waals surface area contributed by atoms with Gasteiger partial charge in [-0.25, -0.2) is 8.42 Å². The van der Waals surface area contributed by atoms with Crippen molar-refractivity contribution in [3.05, 3.63) is 76.5 Å². The molecule has 7 heteroatoms. The number of carbonyl (C=O) groups is 1. The highest BCUT2D eigenvalue weighted by Gasteiger charge is 2.32. The van der Waals surface area contributed by atoms with Gasteiger partial charge in [0.2, 0.25) is 0 Å². The Bertz CT molecular complexity index is 993. The fourth-order valence-electron chi connectivity index (χ4n) is 2.40. The van der Waals surface area contributed by atoms with E-state index in [2.05, 4.69) is 0 Å². The van der Waals surface area contributed by atoms with Crippen LogP contribution in [0.15, 0.2) is 70.9 Å². The van der Waals surface area contributed by atoms with Gasteiger partial charge in [0.25, 0.3) is 15.9 Å². The van der Waals surface area contributed by atoms with Gasteiger partial charge in [-0.2, -0.15) is 4.31 Å². The van der Waals surface area contributed by atoms with Crippen molar-refractivity contribution in [2.45, 2.75) is 11.8 Å². The number of benzene rings is 2. The van der Waals surface area contributed by atoms with E-state index in [0.29, 0.717) is 10.6 Å². The highest BCUT2D eigenvalue weighted by Crippen LogP contribution is 2.28. The molecule has 0 bridgehead atoms. The van der Waals surface area contributed by atoms with Crippen LogP contribution in [0, 0.1) is 6.92 Å². The van der Waals surface area contributed by atoms with Gasteiger partial charge >= 0.3 is 0 Å². The van der Waals surface area contributed by atoms with Crippen molar-refractivity contribution in [1.82, 2.24) is 0 Å². The Morgan fingerprint density at radius 1 is 1.00 bits per heavy atom. The normalized spacial score (nSPS) is 11.2. The van der Waals surface area contributed by atoms with Crippen LogP contribution >= 0.6 is 11.3 Å². The van der Waals surface area contributed by atoms with Gasteiger partial charge in [0.15, 0.2) is 0 Å². The van der Waals surface area contributed by atoms with Crippen LogP contribution in [0.25, 0.3) is 0 Å². The van der Waals surface area contributed by atoms with Crippen LogP contribution < -0.4 is 9.04 Å². The van der Waals surface area contributed by atoms with Gasteiger partial charge in [-0.3, -0.25) is 4.79 Å². The van der Waals surface area contributed by atoms with Crippen LogP contribution in [0.4, 0.5) is 5.69 Å². The standard InChI is InChI=1S/C19H17NO4S2/c1-14-5-11-17(12-6-14)26(22,23)20(19(21)18-4-3-13-25-18)15-7-9-16(24-2)10-8-15/h3-13H,1-2H3. The molecular formula is C19H17NO4S2. The number of methoxy groups -OCH3 is 1. The molecule has 3 rings (SSSR count). The minimum absolute atomic E-state index is 0.0591. The topological polar surface area (TPSA) is 63.7 Å². The second-order valence-electron chi connectivity index (χ2n) is 5.56. The molecule has 0 atom stereocenters. The van der Waals surface area contributed by atoms with E-state index >= 15 is 0 Å². The lowest BCUT2D eigenvalue weighted by Gasteiger charge is -2.22. The summed E-state index contributed by atoms with van der Waals surface area (Å²) in [5.41, 5.74) is 1.19. The molecule has 0 aliphatic carbocycles. The Morgan fingerprint density at radius 2 is 1.65 bits per heavy atom. The van der Waals surface area contributed by atoms with Crippen LogP contribution in [0.5, 0.6) is 5.75 Å². The number of hydrogen-bond donors (Lipinski definition) is 0. The van der Waals surface area contributed by atoms with Gasteiger partial charge in [-0.05, 0) is 54.8 Å². The number of nitrogens with zero attached hydrogens (tertiary/aromatic N) is 1. The molecule has 5 nitrogen and oxygen atoms in total. The molecule has 26 heavy (non-hydrogen) atoms. The Morgan fingerprint density at radius 3 is 2.19 bits per heavy atom. The molecule has 1 heterocycles. The molecule has 134 valence electrons. The lowest BCUT2D eigenvalue weighted by molar-refractivity contribution is 0.101. The molecule has 0 fully saturated rings. The summed E-state index contributed by atoms with van der Waals surface area (Å²) in [5.74, 6) is -0.0178. The zero-order valence-electron chi connectivity index (χ0n) is 14.2. The van der Waals surface area contributed by atoms with Crippen molar-refractivity contribution >= 4 is 33.0 Å². The minimum atomic E-state index is -4.07. The van der Waals surface area contributed by atoms with Crippen molar-refractivity contribution in [2.24, 2.45) is 0 Å². The van der Waals surface area contributed by atoms with E-state index in [-0.39, 0.29) is 10.6 Å². The van der Waals surface area contributed by atoms with Crippen molar-refractivity contribution < 1.29 is 17.9 Å². The van der Waals surface area contributed by atoms with E-state index < -0.39 is 15.9 Å². The summed E-state index contributed by atoms with van der Waals surface area (Å²) in [6, 6.07) is 16.1. The van der Waals surface area contributed by atoms with E-state index in [1.54, 1.807) is 53.9 Å². The number of ether oxygens (including phenoxy) is 1. The number of thiophene rings is 1. The third-order valence-corrected chi connectivity index (χ3v) is 6.37. The highest BCUT2D eigenvalue weighted by atomic mass is 32.2. The number of aryl methyl sites for hydroxylation is 1. The fraction of sp³-hybridized carbons (Fsp3) is 0.105. The Kier molecular flexibility index (Phi) is 5.11. The fourth-order valence-corrected chi connectivity index (χ4v) is 4.52. The first-order chi connectivity index (χ1) is 12.4. The summed E-state index contributed by atoms with van der Waals surface area (Å²) < 4.78 is 32.4. The summed E-state index contributed by atoms with van der Waals surface area (Å²) in [5, 5.41) is 1.73. The zero-order chi connectivity index (χ0) is 18.7. The molecule has 0 radical (unpaired) electrons. The summed E-state index contributed by atoms with van der Waals surface area (Å²) in [6.45, 7) is 1.87. The van der Waals surface area contributed by atoms with E-state index in [1.165, 1.54) is 30.6 Å². The number of sulfonamides is 1. The number of rotatable bonds is 5. The van der Waals surface area contributed by atoms with Crippen molar-refractivity contribution in [3.8, 4) is 5.75 Å². The maximum Gasteiger partial charge on any atom is 0.282 e. The largest absolute Gasteiger partial charge is 0.497 e. The predicted octanol–water partition coefficient (Wildman–Crippen LogP) is 4.10. The predicted molar refractivity (Wildman–Crippen MR) is 102 cm³/mol. The third kappa shape index (κ3) is 3.49. The molecule has 0 aliphatic rings. The lowest BCUT2D eigenvalue weighted by atomic mass is 10.2. The average molecular weight is 387 g/mol. The first-order valence-electron chi connectivity index (χ1n) is 7.77. The van der Waals surface area contributed by atoms with Crippen molar-refractivity contribution in [3.63, 3.8) is 0 Å². The Hall–Kier alpha value is -2.64. The van der Waals surface area contributed by atoms with Gasteiger partial charge in [-0.15, -0.1) is 11.3 Å². The molecule has 2 aromatic carbocycles. The van der Waals surface area contributed by atoms with Gasteiger partial charge in [0.1, 0.15) is 5.75 Å². The first kappa shape index (κ1) is 18.2. The van der Waals surface area contributed by atoms with Crippen LogP contribution in [0.3, 0.4) is 0 Å². The smallest absolute Gasteiger partial charge is 0.282 e. The summed E-state index contributed by atoms with van der Waals surface area (Å²) in [6.07, 6.45) is 0. The van der Waals surface area contributed by atoms with E-state index in [0.717, 1.165) is 9.87 Å². The third-order valence-electron chi connectivity index (χ3n) is 3.78. The van der Waals surface area contributed by atoms with E-state index in [4.69, 9.17) is 4.74 Å². The van der Waals surface area contributed by atoms with Crippen molar-refractivity contribution in [1.29, 1.82) is 0 Å². The molecule has 0 spiro atoms. The average Bonchev–Trinajstić information content (AvgIpc) is 3.17. The van der Waals surface area contributed by atoms with Crippen LogP contribution in [-0.4, -0.2) is 21.4 Å². The Labute approximate surface area is 156 Å². The lowest BCUT2D eigenvalue weighted by Crippen LogP contribution is -2.36. The Balaban J connectivity index is 2.13. The quantitative estimate of drug-likeness (QED) is 0.661. The second kappa shape index (κ2) is 7.31. The maximum absolute atomic E-state index is 13.2. The van der Waals surface area contributed by atoms with Crippen LogP contribution in [0.1, 0.15) is 15.2 Å². The number of anilines is 1. The highest BCUT2D eigenvalue weighted by molar-refractivity contribution is 7.93. The van der Waals surface area contributed by atoms with Gasteiger partial charge < -0.3 is 4.74 Å². The molecule has 1 amide bonds. The SMILES string of the molecule is COc1ccc(N(C(=O)c2cccs2)S(=O)(=O)c2ccc(C)cc2)cc1. The second-order valence-corrected chi connectivity index (χ2v) is 8.30. The van der Waals surface area contributed by atoms with Gasteiger partial charge in [-0.1, -0.05) is 23.8 Å². The molecule has 0 aliphatic heterocycles. The monoisotopic (exact) mass is 387 g/mol. The van der Waals surface area contributed by atoms with Crippen LogP contribution in [0.2, 0.25) is 0 Å². The molecular weight excluding hydrogens is 370 g/mol. The van der Waals surface area contributed by atoms with E-state index in [1.807, 2.05) is 6.92 Å². The molecule has 3 aromatic rings. The number of hydrogen-bond acceptors (Lipinski definition) is 5. The summed E-state index contributed by atoms with van der Waals surface area (Å²) in [7, 11) is -2.55. The molecule has 0 unspecified atom stereocenters. The van der Waals surface area contributed by atoms with Crippen LogP contribution in [-0.2, 0) is 10.0 Å². The molecule has 0 saturated heterocycles. The summed E-state index contributed by atoms with van der Waals surface area (Å²) >= 11 is 1.20. The van der Waals surface area contributed by atoms with E-state index in [9.17, 15) is 13.2 Å². The van der Waals surface area contributed by atoms with Crippen molar-refractivity contribution in [2.75, 3.05) is 11.4 Å². The molecule has 0 N–H and O–H groups in total. The van der Waals surface area contributed by atoms with Gasteiger partial charge in [0.05, 0.1) is 22.6 Å². The minimum Gasteiger partial charge on any atom is -0.497 e. The summed E-state index contributed by atoms with van der Waals surface area (Å²) in [4.78, 5) is 13.4. The molecule has 1 aromatic heterocycles. The number of carbonyl (C=O) groups excluding carboxylic acids is 1. The zero-order valence-corrected chi connectivity index (χ0v) is 15.9. The number of amides is 1. The first-order valence-corrected chi connectivity index (χ1v) is 10.1. The van der Waals surface area contributed by atoms with Gasteiger partial charge in [0, 0.05) is 0 Å². The maximum atomic E-state index is 13.2. The molecule has 0 saturated carbocycles.